The number of rotatable bonds is 8. The van der Waals surface area contributed by atoms with E-state index in [-0.39, 0.29) is 0 Å². The standard InChI is InChI=1S/C21H24N2O2/c1-4-17(2)22-23-21(25-16-20-13-9-6-10-14-20)18(3)24-15-19-11-7-5-8-12-19/h5-14H,3-4,15-16H2,1-2H3/b22-17-,23-21+. The zero-order chi connectivity index (χ0) is 17.9. The summed E-state index contributed by atoms with van der Waals surface area (Å²) in [4.78, 5) is 0. The molecule has 0 unspecified atom stereocenters. The van der Waals surface area contributed by atoms with Crippen LogP contribution in [0.5, 0.6) is 0 Å². The van der Waals surface area contributed by atoms with Crippen molar-refractivity contribution in [3.05, 3.63) is 84.1 Å². The Hall–Kier alpha value is -2.88. The van der Waals surface area contributed by atoms with Gasteiger partial charge in [0.05, 0.1) is 0 Å². The third-order valence-corrected chi connectivity index (χ3v) is 3.54. The monoisotopic (exact) mass is 336 g/mol. The summed E-state index contributed by atoms with van der Waals surface area (Å²) in [5, 5.41) is 8.35. The van der Waals surface area contributed by atoms with Crippen molar-refractivity contribution in [3.63, 3.8) is 0 Å². The molecular formula is C21H24N2O2. The highest BCUT2D eigenvalue weighted by Gasteiger charge is 2.09. The zero-order valence-electron chi connectivity index (χ0n) is 14.8. The Morgan fingerprint density at radius 2 is 1.36 bits per heavy atom. The molecule has 0 bridgehead atoms. The molecule has 0 saturated carbocycles. The fraction of sp³-hybridized carbons (Fsp3) is 0.238. The third-order valence-electron chi connectivity index (χ3n) is 3.54. The Kier molecular flexibility index (Phi) is 7.44. The fourth-order valence-electron chi connectivity index (χ4n) is 1.90. The van der Waals surface area contributed by atoms with Gasteiger partial charge in [0.25, 0.3) is 5.90 Å². The second-order valence-corrected chi connectivity index (χ2v) is 5.57. The van der Waals surface area contributed by atoms with Gasteiger partial charge in [-0.05, 0) is 24.5 Å². The van der Waals surface area contributed by atoms with E-state index in [1.807, 2.05) is 74.5 Å². The molecule has 0 aliphatic heterocycles. The van der Waals surface area contributed by atoms with Crippen molar-refractivity contribution in [3.8, 4) is 0 Å². The fourth-order valence-corrected chi connectivity index (χ4v) is 1.90. The Morgan fingerprint density at radius 1 is 0.840 bits per heavy atom. The van der Waals surface area contributed by atoms with E-state index >= 15 is 0 Å². The quantitative estimate of drug-likeness (QED) is 0.291. The molecule has 130 valence electrons. The van der Waals surface area contributed by atoms with E-state index < -0.39 is 0 Å². The molecule has 0 atom stereocenters. The van der Waals surface area contributed by atoms with E-state index in [0.29, 0.717) is 24.9 Å². The first kappa shape index (κ1) is 18.5. The number of hydrogen-bond donors (Lipinski definition) is 0. The van der Waals surface area contributed by atoms with Gasteiger partial charge in [-0.1, -0.05) is 74.2 Å². The van der Waals surface area contributed by atoms with Gasteiger partial charge in [0.15, 0.2) is 5.76 Å². The molecule has 0 radical (unpaired) electrons. The second kappa shape index (κ2) is 10.1. The topological polar surface area (TPSA) is 43.2 Å². The minimum atomic E-state index is 0.299. The van der Waals surface area contributed by atoms with Gasteiger partial charge in [-0.3, -0.25) is 0 Å². The first-order valence-electron chi connectivity index (χ1n) is 8.33. The summed E-state index contributed by atoms with van der Waals surface area (Å²) in [6, 6.07) is 19.8. The summed E-state index contributed by atoms with van der Waals surface area (Å²) >= 11 is 0. The van der Waals surface area contributed by atoms with Gasteiger partial charge >= 0.3 is 0 Å². The van der Waals surface area contributed by atoms with Gasteiger partial charge in [-0.25, -0.2) is 0 Å². The van der Waals surface area contributed by atoms with Crippen LogP contribution in [0.25, 0.3) is 0 Å². The Bertz CT molecular complexity index is 722. The minimum absolute atomic E-state index is 0.299. The molecule has 4 heteroatoms. The van der Waals surface area contributed by atoms with Crippen LogP contribution >= 0.6 is 0 Å². The number of ether oxygens (including phenoxy) is 2. The maximum Gasteiger partial charge on any atom is 0.276 e. The molecule has 2 aromatic rings. The smallest absolute Gasteiger partial charge is 0.276 e. The van der Waals surface area contributed by atoms with Crippen molar-refractivity contribution in [2.24, 2.45) is 10.2 Å². The van der Waals surface area contributed by atoms with Crippen LogP contribution < -0.4 is 0 Å². The van der Waals surface area contributed by atoms with Crippen LogP contribution in [0.4, 0.5) is 0 Å². The van der Waals surface area contributed by atoms with Crippen molar-refractivity contribution in [1.29, 1.82) is 0 Å². The molecule has 2 rings (SSSR count). The molecule has 0 amide bonds. The number of nitrogens with zero attached hydrogens (tertiary/aromatic N) is 2. The normalized spacial score (nSPS) is 11.9. The summed E-state index contributed by atoms with van der Waals surface area (Å²) < 4.78 is 11.5. The van der Waals surface area contributed by atoms with Crippen molar-refractivity contribution in [2.45, 2.75) is 33.5 Å². The van der Waals surface area contributed by atoms with Crippen LogP contribution in [0.1, 0.15) is 31.4 Å². The number of benzene rings is 2. The van der Waals surface area contributed by atoms with E-state index in [4.69, 9.17) is 9.47 Å². The summed E-state index contributed by atoms with van der Waals surface area (Å²) in [5.41, 5.74) is 3.01. The van der Waals surface area contributed by atoms with E-state index in [0.717, 1.165) is 23.3 Å². The molecule has 4 nitrogen and oxygen atoms in total. The molecule has 0 N–H and O–H groups in total. The van der Waals surface area contributed by atoms with E-state index in [1.165, 1.54) is 0 Å². The summed E-state index contributed by atoms with van der Waals surface area (Å²) in [6.45, 7) is 8.68. The Labute approximate surface area is 149 Å². The van der Waals surface area contributed by atoms with Gasteiger partial charge in [0.1, 0.15) is 13.2 Å². The van der Waals surface area contributed by atoms with E-state index in [1.54, 1.807) is 0 Å². The highest BCUT2D eigenvalue weighted by atomic mass is 16.5. The lowest BCUT2D eigenvalue weighted by atomic mass is 10.2. The van der Waals surface area contributed by atoms with Crippen LogP contribution in [-0.4, -0.2) is 11.6 Å². The van der Waals surface area contributed by atoms with E-state index in [2.05, 4.69) is 16.8 Å². The molecule has 0 saturated heterocycles. The van der Waals surface area contributed by atoms with Gasteiger partial charge in [0, 0.05) is 5.71 Å². The highest BCUT2D eigenvalue weighted by Crippen LogP contribution is 2.10. The molecular weight excluding hydrogens is 312 g/mol. The van der Waals surface area contributed by atoms with Crippen molar-refractivity contribution in [2.75, 3.05) is 0 Å². The predicted molar refractivity (Wildman–Crippen MR) is 102 cm³/mol. The molecule has 0 aromatic heterocycles. The van der Waals surface area contributed by atoms with Crippen LogP contribution in [-0.2, 0) is 22.7 Å². The molecule has 0 heterocycles. The summed E-state index contributed by atoms with van der Waals surface area (Å²) in [5.74, 6) is 0.667. The lowest BCUT2D eigenvalue weighted by molar-refractivity contribution is 0.193. The average Bonchev–Trinajstić information content (AvgIpc) is 2.67. The molecule has 0 fully saturated rings. The molecule has 0 aliphatic rings. The summed E-state index contributed by atoms with van der Waals surface area (Å²) in [6.07, 6.45) is 0.826. The molecule has 0 aliphatic carbocycles. The van der Waals surface area contributed by atoms with Crippen molar-refractivity contribution < 1.29 is 9.47 Å². The maximum atomic E-state index is 5.79. The molecule has 0 spiro atoms. The van der Waals surface area contributed by atoms with Gasteiger partial charge in [0.2, 0.25) is 0 Å². The Morgan fingerprint density at radius 3 is 1.88 bits per heavy atom. The Balaban J connectivity index is 2.03. The van der Waals surface area contributed by atoms with Crippen LogP contribution in [0.2, 0.25) is 0 Å². The zero-order valence-corrected chi connectivity index (χ0v) is 14.8. The van der Waals surface area contributed by atoms with Crippen LogP contribution in [0.15, 0.2) is 83.2 Å². The SMILES string of the molecule is C=C(OCc1ccccc1)/C(=N\N=C(\C)CC)OCc1ccccc1. The van der Waals surface area contributed by atoms with E-state index in [9.17, 15) is 0 Å². The average molecular weight is 336 g/mol. The van der Waals surface area contributed by atoms with Gasteiger partial charge in [-0.2, -0.15) is 5.10 Å². The minimum Gasteiger partial charge on any atom is -0.484 e. The maximum absolute atomic E-state index is 5.79. The second-order valence-electron chi connectivity index (χ2n) is 5.57. The van der Waals surface area contributed by atoms with Gasteiger partial charge < -0.3 is 9.47 Å². The van der Waals surface area contributed by atoms with Crippen molar-refractivity contribution >= 4 is 11.6 Å². The third kappa shape index (κ3) is 6.63. The molecule has 25 heavy (non-hydrogen) atoms. The first-order valence-corrected chi connectivity index (χ1v) is 8.33. The lowest BCUT2D eigenvalue weighted by Crippen LogP contribution is -2.11. The first-order chi connectivity index (χ1) is 12.2. The predicted octanol–water partition coefficient (Wildman–Crippen LogP) is 5.12. The highest BCUT2D eigenvalue weighted by molar-refractivity contribution is 5.91. The summed E-state index contributed by atoms with van der Waals surface area (Å²) in [7, 11) is 0. The van der Waals surface area contributed by atoms with Gasteiger partial charge in [-0.15, -0.1) is 5.10 Å². The van der Waals surface area contributed by atoms with Crippen molar-refractivity contribution in [1.82, 2.24) is 0 Å². The van der Waals surface area contributed by atoms with Crippen LogP contribution in [0, 0.1) is 0 Å². The molecule has 2 aromatic carbocycles. The lowest BCUT2D eigenvalue weighted by Gasteiger charge is -2.12. The largest absolute Gasteiger partial charge is 0.484 e. The number of hydrogen-bond acceptors (Lipinski definition) is 4. The van der Waals surface area contributed by atoms with Crippen LogP contribution in [0.3, 0.4) is 0 Å².